The van der Waals surface area contributed by atoms with Crippen molar-refractivity contribution in [3.8, 4) is 5.75 Å². The van der Waals surface area contributed by atoms with Gasteiger partial charge >= 0.3 is 12.8 Å². The first-order valence-corrected chi connectivity index (χ1v) is 6.13. The zero-order chi connectivity index (χ0) is 14.6. The molecular weight excluding hydrogens is 339 g/mol. The minimum absolute atomic E-state index is 0.117. The van der Waals surface area contributed by atoms with Crippen molar-refractivity contribution in [2.45, 2.75) is 19.2 Å². The van der Waals surface area contributed by atoms with E-state index in [2.05, 4.69) is 20.7 Å². The number of hydrogen-bond donors (Lipinski definition) is 0. The van der Waals surface area contributed by atoms with E-state index in [1.165, 1.54) is 0 Å². The van der Waals surface area contributed by atoms with Gasteiger partial charge in [0.2, 0.25) is 0 Å². The van der Waals surface area contributed by atoms with Crippen molar-refractivity contribution in [3.05, 3.63) is 29.3 Å². The standard InChI is InChI=1S/C11H8BrF5O2/c12-5-4-7(18)9-6(11(15,16)17)2-1-3-8(9)19-10(13)14/h1-3,10H,4-5H2. The molecule has 0 atom stereocenters. The molecule has 1 aromatic rings. The molecule has 0 saturated carbocycles. The van der Waals surface area contributed by atoms with E-state index in [1.807, 2.05) is 0 Å². The summed E-state index contributed by atoms with van der Waals surface area (Å²) < 4.78 is 66.6. The molecule has 106 valence electrons. The lowest BCUT2D eigenvalue weighted by Gasteiger charge is -2.15. The maximum atomic E-state index is 12.8. The molecule has 0 fully saturated rings. The number of carbonyl (C=O) groups is 1. The normalized spacial score (nSPS) is 11.7. The zero-order valence-corrected chi connectivity index (χ0v) is 10.9. The summed E-state index contributed by atoms with van der Waals surface area (Å²) in [5.74, 6) is -1.68. The highest BCUT2D eigenvalue weighted by Gasteiger charge is 2.37. The van der Waals surface area contributed by atoms with Gasteiger partial charge in [0.15, 0.2) is 5.78 Å². The molecule has 1 aromatic carbocycles. The lowest BCUT2D eigenvalue weighted by atomic mass is 10.0. The fraction of sp³-hybridized carbons (Fsp3) is 0.364. The van der Waals surface area contributed by atoms with Crippen molar-refractivity contribution in [3.63, 3.8) is 0 Å². The van der Waals surface area contributed by atoms with Gasteiger partial charge in [0.25, 0.3) is 0 Å². The molecule has 0 spiro atoms. The molecule has 19 heavy (non-hydrogen) atoms. The molecule has 0 aliphatic rings. The molecule has 2 nitrogen and oxygen atoms in total. The van der Waals surface area contributed by atoms with Crippen LogP contribution < -0.4 is 4.74 Å². The number of rotatable bonds is 5. The Labute approximate surface area is 113 Å². The molecule has 0 aromatic heterocycles. The molecule has 0 aliphatic heterocycles. The van der Waals surface area contributed by atoms with Crippen molar-refractivity contribution >= 4 is 21.7 Å². The maximum Gasteiger partial charge on any atom is 0.417 e. The van der Waals surface area contributed by atoms with Crippen molar-refractivity contribution < 1.29 is 31.5 Å². The molecule has 8 heteroatoms. The Morgan fingerprint density at radius 1 is 1.32 bits per heavy atom. The Morgan fingerprint density at radius 3 is 2.42 bits per heavy atom. The highest BCUT2D eigenvalue weighted by atomic mass is 79.9. The minimum Gasteiger partial charge on any atom is -0.434 e. The third-order valence-electron chi connectivity index (χ3n) is 2.15. The monoisotopic (exact) mass is 346 g/mol. The molecule has 0 amide bonds. The van der Waals surface area contributed by atoms with E-state index < -0.39 is 35.4 Å². The van der Waals surface area contributed by atoms with Gasteiger partial charge in [-0.2, -0.15) is 22.0 Å². The van der Waals surface area contributed by atoms with Crippen LogP contribution in [-0.4, -0.2) is 17.7 Å². The predicted octanol–water partition coefficient (Wildman–Crippen LogP) is 4.27. The van der Waals surface area contributed by atoms with Gasteiger partial charge < -0.3 is 4.74 Å². The van der Waals surface area contributed by atoms with E-state index in [4.69, 9.17) is 0 Å². The second-order valence-corrected chi connectivity index (χ2v) is 4.21. The molecule has 0 unspecified atom stereocenters. The van der Waals surface area contributed by atoms with E-state index in [0.29, 0.717) is 6.07 Å². The average molecular weight is 347 g/mol. The number of alkyl halides is 6. The summed E-state index contributed by atoms with van der Waals surface area (Å²) in [4.78, 5) is 11.7. The molecule has 1 rings (SSSR count). The third kappa shape index (κ3) is 4.15. The van der Waals surface area contributed by atoms with Gasteiger partial charge in [0.1, 0.15) is 5.75 Å². The van der Waals surface area contributed by atoms with E-state index in [-0.39, 0.29) is 11.8 Å². The van der Waals surface area contributed by atoms with Gasteiger partial charge in [-0.15, -0.1) is 0 Å². The Morgan fingerprint density at radius 2 is 1.95 bits per heavy atom. The quantitative estimate of drug-likeness (QED) is 0.452. The van der Waals surface area contributed by atoms with Crippen molar-refractivity contribution in [1.29, 1.82) is 0 Å². The van der Waals surface area contributed by atoms with E-state index in [0.717, 1.165) is 12.1 Å². The summed E-state index contributed by atoms with van der Waals surface area (Å²) in [5, 5.41) is 0.117. The number of Topliss-reactive ketones (excluding diaryl/α,β-unsaturated/α-hetero) is 1. The van der Waals surface area contributed by atoms with Gasteiger partial charge in [-0.1, -0.05) is 22.0 Å². The van der Waals surface area contributed by atoms with E-state index in [1.54, 1.807) is 0 Å². The summed E-state index contributed by atoms with van der Waals surface area (Å²) in [6.07, 6.45) is -5.08. The second-order valence-electron chi connectivity index (χ2n) is 3.42. The second kappa shape index (κ2) is 6.31. The van der Waals surface area contributed by atoms with Crippen LogP contribution in [0.3, 0.4) is 0 Å². The Kier molecular flexibility index (Phi) is 5.28. The fourth-order valence-corrected chi connectivity index (χ4v) is 1.82. The van der Waals surface area contributed by atoms with Crippen molar-refractivity contribution in [2.75, 3.05) is 5.33 Å². The number of benzene rings is 1. The van der Waals surface area contributed by atoms with E-state index >= 15 is 0 Å². The molecule has 0 N–H and O–H groups in total. The maximum absolute atomic E-state index is 12.8. The van der Waals surface area contributed by atoms with Gasteiger partial charge in [0, 0.05) is 11.8 Å². The fourth-order valence-electron chi connectivity index (χ4n) is 1.46. The summed E-state index contributed by atoms with van der Waals surface area (Å²) in [7, 11) is 0. The third-order valence-corrected chi connectivity index (χ3v) is 2.54. The van der Waals surface area contributed by atoms with Crippen LogP contribution in [0, 0.1) is 0 Å². The Hall–Kier alpha value is -1.18. The molecule has 0 radical (unpaired) electrons. The van der Waals surface area contributed by atoms with Crippen LogP contribution in [0.15, 0.2) is 18.2 Å². The zero-order valence-electron chi connectivity index (χ0n) is 9.31. The topological polar surface area (TPSA) is 26.3 Å². The Balaban J connectivity index is 3.36. The van der Waals surface area contributed by atoms with Crippen molar-refractivity contribution in [2.24, 2.45) is 0 Å². The number of ether oxygens (including phenoxy) is 1. The van der Waals surface area contributed by atoms with Gasteiger partial charge in [-0.3, -0.25) is 4.79 Å². The summed E-state index contributed by atoms with van der Waals surface area (Å²) in [5.41, 5.74) is -2.15. The lowest BCUT2D eigenvalue weighted by molar-refractivity contribution is -0.138. The molecule has 0 bridgehead atoms. The predicted molar refractivity (Wildman–Crippen MR) is 60.8 cm³/mol. The highest BCUT2D eigenvalue weighted by molar-refractivity contribution is 9.09. The van der Waals surface area contributed by atoms with E-state index in [9.17, 15) is 26.7 Å². The van der Waals surface area contributed by atoms with Gasteiger partial charge in [0.05, 0.1) is 11.1 Å². The summed E-state index contributed by atoms with van der Waals surface area (Å²) >= 11 is 2.91. The van der Waals surface area contributed by atoms with Crippen LogP contribution in [0.1, 0.15) is 22.3 Å². The first-order valence-electron chi connectivity index (χ1n) is 5.01. The van der Waals surface area contributed by atoms with Gasteiger partial charge in [-0.05, 0) is 12.1 Å². The average Bonchev–Trinajstić information content (AvgIpc) is 2.26. The number of ketones is 1. The minimum atomic E-state index is -4.82. The molecule has 0 saturated heterocycles. The summed E-state index contributed by atoms with van der Waals surface area (Å²) in [6.45, 7) is -3.31. The van der Waals surface area contributed by atoms with Gasteiger partial charge in [-0.25, -0.2) is 0 Å². The highest BCUT2D eigenvalue weighted by Crippen LogP contribution is 2.37. The van der Waals surface area contributed by atoms with Crippen molar-refractivity contribution in [1.82, 2.24) is 0 Å². The number of halogens is 6. The van der Waals surface area contributed by atoms with Crippen LogP contribution >= 0.6 is 15.9 Å². The molecule has 0 heterocycles. The van der Waals surface area contributed by atoms with Crippen LogP contribution in [0.5, 0.6) is 5.75 Å². The number of carbonyl (C=O) groups excluding carboxylic acids is 1. The summed E-state index contributed by atoms with van der Waals surface area (Å²) in [6, 6.07) is 2.47. The smallest absolute Gasteiger partial charge is 0.417 e. The first-order chi connectivity index (χ1) is 8.77. The molecular formula is C11H8BrF5O2. The molecule has 0 aliphatic carbocycles. The van der Waals surface area contributed by atoms with Crippen LogP contribution in [0.2, 0.25) is 0 Å². The Bertz CT molecular complexity index is 459. The van der Waals surface area contributed by atoms with Crippen LogP contribution in [0.4, 0.5) is 22.0 Å². The number of hydrogen-bond acceptors (Lipinski definition) is 2. The SMILES string of the molecule is O=C(CCBr)c1c(OC(F)F)cccc1C(F)(F)F. The largest absolute Gasteiger partial charge is 0.434 e. The van der Waals surface area contributed by atoms with Crippen LogP contribution in [0.25, 0.3) is 0 Å². The first kappa shape index (κ1) is 15.9. The van der Waals surface area contributed by atoms with Crippen LogP contribution in [-0.2, 0) is 6.18 Å². The lowest BCUT2D eigenvalue weighted by Crippen LogP contribution is -2.16.